The average molecular weight is 295 g/mol. The van der Waals surface area contributed by atoms with Crippen LogP contribution in [0.2, 0.25) is 0 Å². The first-order valence-electron chi connectivity index (χ1n) is 3.82. The van der Waals surface area contributed by atoms with E-state index in [0.717, 1.165) is 3.57 Å². The Hall–Kier alpha value is -0.200. The lowest BCUT2D eigenvalue weighted by molar-refractivity contribution is 0.206. The van der Waals surface area contributed by atoms with Crippen molar-refractivity contribution < 1.29 is 9.50 Å². The molecule has 4 heteroatoms. The van der Waals surface area contributed by atoms with Crippen molar-refractivity contribution in [2.24, 2.45) is 5.73 Å². The quantitative estimate of drug-likeness (QED) is 0.814. The van der Waals surface area contributed by atoms with Crippen molar-refractivity contribution in [2.75, 3.05) is 6.61 Å². The Morgan fingerprint density at radius 1 is 1.62 bits per heavy atom. The molecule has 0 saturated carbocycles. The zero-order valence-corrected chi connectivity index (χ0v) is 9.38. The number of aliphatic hydroxyl groups excluding tert-OH is 1. The Bertz CT molecular complexity index is 314. The second-order valence-electron chi connectivity index (χ2n) is 3.20. The second kappa shape index (κ2) is 3.89. The summed E-state index contributed by atoms with van der Waals surface area (Å²) < 4.78 is 14.2. The molecule has 0 heterocycles. The average Bonchev–Trinajstić information content (AvgIpc) is 2.09. The fourth-order valence-corrected chi connectivity index (χ4v) is 1.51. The predicted molar refractivity (Wildman–Crippen MR) is 57.7 cm³/mol. The molecule has 0 aliphatic heterocycles. The molecule has 0 aliphatic carbocycles. The molecule has 1 atom stereocenters. The summed E-state index contributed by atoms with van der Waals surface area (Å²) in [4.78, 5) is 0. The lowest BCUT2D eigenvalue weighted by Crippen LogP contribution is -2.37. The molecule has 0 saturated heterocycles. The molecule has 1 rings (SSSR count). The van der Waals surface area contributed by atoms with Gasteiger partial charge in [0.15, 0.2) is 0 Å². The van der Waals surface area contributed by atoms with Gasteiger partial charge in [-0.25, -0.2) is 4.39 Å². The summed E-state index contributed by atoms with van der Waals surface area (Å²) in [5.41, 5.74) is 5.05. The molecule has 0 radical (unpaired) electrons. The maximum atomic E-state index is 13.3. The summed E-state index contributed by atoms with van der Waals surface area (Å²) in [5.74, 6) is -0.375. The standard InChI is InChI=1S/C9H11FINO/c1-9(12,5-13)7-4-6(11)2-3-8(7)10/h2-4,13H,5,12H2,1H3/t9-/m1/s1. The van der Waals surface area contributed by atoms with Gasteiger partial charge in [0.05, 0.1) is 12.1 Å². The third kappa shape index (κ3) is 2.38. The summed E-state index contributed by atoms with van der Waals surface area (Å²) in [6, 6.07) is 4.66. The van der Waals surface area contributed by atoms with Gasteiger partial charge < -0.3 is 10.8 Å². The van der Waals surface area contributed by atoms with Crippen LogP contribution in [0.25, 0.3) is 0 Å². The Balaban J connectivity index is 3.20. The topological polar surface area (TPSA) is 46.2 Å². The molecule has 0 bridgehead atoms. The monoisotopic (exact) mass is 295 g/mol. The van der Waals surface area contributed by atoms with Gasteiger partial charge in [-0.15, -0.1) is 0 Å². The Morgan fingerprint density at radius 3 is 2.77 bits per heavy atom. The number of benzene rings is 1. The van der Waals surface area contributed by atoms with Gasteiger partial charge in [0.25, 0.3) is 0 Å². The zero-order valence-electron chi connectivity index (χ0n) is 7.22. The maximum Gasteiger partial charge on any atom is 0.128 e. The Labute approximate surface area is 90.1 Å². The maximum absolute atomic E-state index is 13.3. The van der Waals surface area contributed by atoms with Crippen LogP contribution in [0.15, 0.2) is 18.2 Å². The van der Waals surface area contributed by atoms with E-state index in [1.54, 1.807) is 19.1 Å². The van der Waals surface area contributed by atoms with Crippen molar-refractivity contribution in [1.82, 2.24) is 0 Å². The lowest BCUT2D eigenvalue weighted by atomic mass is 9.94. The summed E-state index contributed by atoms with van der Waals surface area (Å²) >= 11 is 2.07. The van der Waals surface area contributed by atoms with Crippen molar-refractivity contribution in [3.05, 3.63) is 33.1 Å². The van der Waals surface area contributed by atoms with Crippen molar-refractivity contribution in [1.29, 1.82) is 0 Å². The van der Waals surface area contributed by atoms with Crippen LogP contribution in [-0.2, 0) is 5.54 Å². The minimum Gasteiger partial charge on any atom is -0.394 e. The molecular formula is C9H11FINO. The van der Waals surface area contributed by atoms with Crippen molar-refractivity contribution in [2.45, 2.75) is 12.5 Å². The van der Waals surface area contributed by atoms with E-state index in [0.29, 0.717) is 5.56 Å². The summed E-state index contributed by atoms with van der Waals surface area (Å²) in [6.07, 6.45) is 0. The highest BCUT2D eigenvalue weighted by Gasteiger charge is 2.23. The first kappa shape index (κ1) is 10.9. The van der Waals surface area contributed by atoms with E-state index in [2.05, 4.69) is 22.6 Å². The molecule has 3 N–H and O–H groups in total. The summed E-state index contributed by atoms with van der Waals surface area (Å²) in [7, 11) is 0. The van der Waals surface area contributed by atoms with E-state index in [1.807, 2.05) is 0 Å². The highest BCUT2D eigenvalue weighted by Crippen LogP contribution is 2.22. The van der Waals surface area contributed by atoms with Crippen LogP contribution in [0.3, 0.4) is 0 Å². The smallest absolute Gasteiger partial charge is 0.128 e. The fourth-order valence-electron chi connectivity index (χ4n) is 1.02. The van der Waals surface area contributed by atoms with Crippen LogP contribution in [0.1, 0.15) is 12.5 Å². The van der Waals surface area contributed by atoms with E-state index in [9.17, 15) is 4.39 Å². The normalized spacial score (nSPS) is 15.5. The largest absolute Gasteiger partial charge is 0.394 e. The minimum atomic E-state index is -1.01. The SMILES string of the molecule is C[C@@](N)(CO)c1cc(I)ccc1F. The predicted octanol–water partition coefficient (Wildman–Crippen LogP) is 1.60. The van der Waals surface area contributed by atoms with Gasteiger partial charge in [-0.05, 0) is 47.7 Å². The fraction of sp³-hybridized carbons (Fsp3) is 0.333. The van der Waals surface area contributed by atoms with E-state index in [4.69, 9.17) is 10.8 Å². The summed E-state index contributed by atoms with van der Waals surface area (Å²) in [5, 5.41) is 8.97. The van der Waals surface area contributed by atoms with Crippen LogP contribution >= 0.6 is 22.6 Å². The van der Waals surface area contributed by atoms with Gasteiger partial charge in [0.2, 0.25) is 0 Å². The van der Waals surface area contributed by atoms with Crippen LogP contribution in [0, 0.1) is 9.39 Å². The molecule has 0 spiro atoms. The molecule has 0 amide bonds. The van der Waals surface area contributed by atoms with Gasteiger partial charge >= 0.3 is 0 Å². The lowest BCUT2D eigenvalue weighted by Gasteiger charge is -2.22. The molecule has 1 aromatic carbocycles. The van der Waals surface area contributed by atoms with Crippen LogP contribution in [0.5, 0.6) is 0 Å². The van der Waals surface area contributed by atoms with E-state index < -0.39 is 5.54 Å². The van der Waals surface area contributed by atoms with Crippen molar-refractivity contribution in [3.63, 3.8) is 0 Å². The van der Waals surface area contributed by atoms with Gasteiger partial charge in [0.1, 0.15) is 5.82 Å². The molecule has 1 aromatic rings. The number of rotatable bonds is 2. The molecule has 13 heavy (non-hydrogen) atoms. The van der Waals surface area contributed by atoms with Crippen LogP contribution in [-0.4, -0.2) is 11.7 Å². The Kier molecular flexibility index (Phi) is 3.26. The zero-order chi connectivity index (χ0) is 10.1. The van der Waals surface area contributed by atoms with Gasteiger partial charge in [-0.1, -0.05) is 0 Å². The van der Waals surface area contributed by atoms with Gasteiger partial charge in [-0.2, -0.15) is 0 Å². The number of halogens is 2. The van der Waals surface area contributed by atoms with E-state index >= 15 is 0 Å². The molecule has 0 aromatic heterocycles. The highest BCUT2D eigenvalue weighted by atomic mass is 127. The number of hydrogen-bond acceptors (Lipinski definition) is 2. The van der Waals surface area contributed by atoms with Crippen molar-refractivity contribution in [3.8, 4) is 0 Å². The van der Waals surface area contributed by atoms with Gasteiger partial charge in [0, 0.05) is 9.13 Å². The van der Waals surface area contributed by atoms with E-state index in [1.165, 1.54) is 6.07 Å². The Morgan fingerprint density at radius 2 is 2.23 bits per heavy atom. The van der Waals surface area contributed by atoms with Gasteiger partial charge in [-0.3, -0.25) is 0 Å². The number of nitrogens with two attached hydrogens (primary N) is 1. The molecule has 0 aliphatic rings. The van der Waals surface area contributed by atoms with Crippen molar-refractivity contribution >= 4 is 22.6 Å². The highest BCUT2D eigenvalue weighted by molar-refractivity contribution is 14.1. The first-order chi connectivity index (χ1) is 5.97. The van der Waals surface area contributed by atoms with Crippen LogP contribution in [0.4, 0.5) is 4.39 Å². The first-order valence-corrected chi connectivity index (χ1v) is 4.90. The van der Waals surface area contributed by atoms with E-state index in [-0.39, 0.29) is 12.4 Å². The summed E-state index contributed by atoms with van der Waals surface area (Å²) in [6.45, 7) is 1.32. The number of aliphatic hydroxyl groups is 1. The number of hydrogen-bond donors (Lipinski definition) is 2. The molecule has 0 unspecified atom stereocenters. The third-order valence-electron chi connectivity index (χ3n) is 1.87. The minimum absolute atomic E-state index is 0.274. The third-order valence-corrected chi connectivity index (χ3v) is 2.54. The molecular weight excluding hydrogens is 284 g/mol. The molecule has 0 fully saturated rings. The molecule has 72 valence electrons. The van der Waals surface area contributed by atoms with Crippen LogP contribution < -0.4 is 5.73 Å². The molecule has 2 nitrogen and oxygen atoms in total. The second-order valence-corrected chi connectivity index (χ2v) is 4.45.